The van der Waals surface area contributed by atoms with E-state index in [1.807, 2.05) is 30.3 Å². The number of carbonyl (C=O) groups excluding carboxylic acids is 2. The summed E-state index contributed by atoms with van der Waals surface area (Å²) in [6.07, 6.45) is 1.42. The molecule has 0 radical (unpaired) electrons. The van der Waals surface area contributed by atoms with Gasteiger partial charge in [-0.1, -0.05) is 35.5 Å². The maximum atomic E-state index is 12.2. The summed E-state index contributed by atoms with van der Waals surface area (Å²) >= 11 is 0. The fourth-order valence-electron chi connectivity index (χ4n) is 2.18. The van der Waals surface area contributed by atoms with Gasteiger partial charge in [0.2, 0.25) is 0 Å². The largest absolute Gasteiger partial charge is 0.360 e. The zero-order valence-corrected chi connectivity index (χ0v) is 13.5. The van der Waals surface area contributed by atoms with Crippen LogP contribution < -0.4 is 10.6 Å². The van der Waals surface area contributed by atoms with E-state index in [0.29, 0.717) is 23.7 Å². The molecule has 1 aromatic carbocycles. The molecule has 0 atom stereocenters. The minimum Gasteiger partial charge on any atom is -0.360 e. The van der Waals surface area contributed by atoms with Crippen LogP contribution in [0.3, 0.4) is 0 Å². The predicted octanol–water partition coefficient (Wildman–Crippen LogP) is 2.56. The van der Waals surface area contributed by atoms with Gasteiger partial charge in [-0.3, -0.25) is 14.6 Å². The summed E-state index contributed by atoms with van der Waals surface area (Å²) in [7, 11) is 0. The number of pyridine rings is 1. The molecule has 7 nitrogen and oxygen atoms in total. The molecule has 2 N–H and O–H groups in total. The number of hydrogen-bond donors (Lipinski definition) is 2. The summed E-state index contributed by atoms with van der Waals surface area (Å²) in [6, 6.07) is 14.1. The van der Waals surface area contributed by atoms with Crippen LogP contribution in [0.4, 0.5) is 5.82 Å². The zero-order chi connectivity index (χ0) is 17.6. The Kier molecular flexibility index (Phi) is 4.84. The standard InChI is InChI=1S/C18H16N4O3/c1-12-9-16(22-25-12)21-17(23)14-7-8-19-15(10-14)18(24)20-11-13-5-3-2-4-6-13/h2-10H,11H2,1H3,(H,20,24)(H,21,22,23). The number of amides is 2. The average molecular weight is 336 g/mol. The molecule has 0 saturated carbocycles. The molecule has 2 heterocycles. The van der Waals surface area contributed by atoms with Crippen LogP contribution in [-0.4, -0.2) is 22.0 Å². The lowest BCUT2D eigenvalue weighted by atomic mass is 10.2. The summed E-state index contributed by atoms with van der Waals surface area (Å²) in [5, 5.41) is 9.07. The van der Waals surface area contributed by atoms with Gasteiger partial charge in [-0.25, -0.2) is 0 Å². The van der Waals surface area contributed by atoms with Gasteiger partial charge in [-0.05, 0) is 24.6 Å². The summed E-state index contributed by atoms with van der Waals surface area (Å²) in [5.74, 6) is 0.156. The van der Waals surface area contributed by atoms with Crippen molar-refractivity contribution in [2.75, 3.05) is 5.32 Å². The highest BCUT2D eigenvalue weighted by Gasteiger charge is 2.13. The van der Waals surface area contributed by atoms with E-state index >= 15 is 0 Å². The molecule has 126 valence electrons. The lowest BCUT2D eigenvalue weighted by Gasteiger charge is -2.06. The average Bonchev–Trinajstić information content (AvgIpc) is 3.05. The van der Waals surface area contributed by atoms with Gasteiger partial charge in [0.15, 0.2) is 5.82 Å². The number of nitrogens with zero attached hydrogens (tertiary/aromatic N) is 2. The van der Waals surface area contributed by atoms with Gasteiger partial charge in [0.05, 0.1) is 0 Å². The molecule has 0 fully saturated rings. The Bertz CT molecular complexity index is 890. The molecular weight excluding hydrogens is 320 g/mol. The number of benzene rings is 1. The molecule has 0 spiro atoms. The second-order valence-corrected chi connectivity index (χ2v) is 5.37. The number of rotatable bonds is 5. The van der Waals surface area contributed by atoms with Gasteiger partial charge in [0.25, 0.3) is 11.8 Å². The van der Waals surface area contributed by atoms with Crippen molar-refractivity contribution in [3.8, 4) is 0 Å². The molecule has 2 amide bonds. The van der Waals surface area contributed by atoms with Gasteiger partial charge in [0.1, 0.15) is 11.5 Å². The Balaban J connectivity index is 1.66. The van der Waals surface area contributed by atoms with Crippen molar-refractivity contribution in [1.82, 2.24) is 15.5 Å². The number of aromatic nitrogens is 2. The Morgan fingerprint density at radius 3 is 2.60 bits per heavy atom. The van der Waals surface area contributed by atoms with Crippen molar-refractivity contribution in [2.24, 2.45) is 0 Å². The van der Waals surface area contributed by atoms with E-state index in [-0.39, 0.29) is 11.6 Å². The molecule has 2 aromatic heterocycles. The fraction of sp³-hybridized carbons (Fsp3) is 0.111. The minimum absolute atomic E-state index is 0.167. The monoisotopic (exact) mass is 336 g/mol. The van der Waals surface area contributed by atoms with E-state index in [0.717, 1.165) is 5.56 Å². The smallest absolute Gasteiger partial charge is 0.270 e. The molecule has 0 unspecified atom stereocenters. The third kappa shape index (κ3) is 4.29. The van der Waals surface area contributed by atoms with Crippen LogP contribution in [-0.2, 0) is 6.54 Å². The van der Waals surface area contributed by atoms with Crippen molar-refractivity contribution in [1.29, 1.82) is 0 Å². The van der Waals surface area contributed by atoms with E-state index in [2.05, 4.69) is 20.8 Å². The van der Waals surface area contributed by atoms with E-state index in [9.17, 15) is 9.59 Å². The fourth-order valence-corrected chi connectivity index (χ4v) is 2.18. The van der Waals surface area contributed by atoms with Crippen LogP contribution in [0.2, 0.25) is 0 Å². The Morgan fingerprint density at radius 2 is 1.88 bits per heavy atom. The highest BCUT2D eigenvalue weighted by atomic mass is 16.5. The second kappa shape index (κ2) is 7.39. The van der Waals surface area contributed by atoms with Crippen LogP contribution in [0, 0.1) is 6.92 Å². The van der Waals surface area contributed by atoms with Gasteiger partial charge >= 0.3 is 0 Å². The summed E-state index contributed by atoms with van der Waals surface area (Å²) in [6.45, 7) is 2.11. The second-order valence-electron chi connectivity index (χ2n) is 5.37. The van der Waals surface area contributed by atoms with Crippen molar-refractivity contribution in [2.45, 2.75) is 13.5 Å². The molecule has 0 aliphatic carbocycles. The number of hydrogen-bond acceptors (Lipinski definition) is 5. The molecule has 0 aliphatic heterocycles. The van der Waals surface area contributed by atoms with Crippen LogP contribution >= 0.6 is 0 Å². The van der Waals surface area contributed by atoms with E-state index < -0.39 is 5.91 Å². The van der Waals surface area contributed by atoms with Gasteiger partial charge in [-0.15, -0.1) is 0 Å². The van der Waals surface area contributed by atoms with Crippen molar-refractivity contribution >= 4 is 17.6 Å². The van der Waals surface area contributed by atoms with Gasteiger partial charge < -0.3 is 15.2 Å². The van der Waals surface area contributed by atoms with Gasteiger partial charge in [-0.2, -0.15) is 0 Å². The van der Waals surface area contributed by atoms with Crippen molar-refractivity contribution < 1.29 is 14.1 Å². The maximum absolute atomic E-state index is 12.2. The van der Waals surface area contributed by atoms with Crippen LogP contribution in [0.5, 0.6) is 0 Å². The molecule has 0 bridgehead atoms. The molecule has 0 aliphatic rings. The summed E-state index contributed by atoms with van der Waals surface area (Å²) in [4.78, 5) is 28.5. The van der Waals surface area contributed by atoms with E-state index in [1.165, 1.54) is 18.3 Å². The highest BCUT2D eigenvalue weighted by Crippen LogP contribution is 2.10. The first kappa shape index (κ1) is 16.4. The van der Waals surface area contributed by atoms with Crippen LogP contribution in [0.25, 0.3) is 0 Å². The highest BCUT2D eigenvalue weighted by molar-refractivity contribution is 6.05. The third-order valence-electron chi connectivity index (χ3n) is 3.42. The normalized spacial score (nSPS) is 10.3. The first-order valence-corrected chi connectivity index (χ1v) is 7.64. The molecule has 7 heteroatoms. The third-order valence-corrected chi connectivity index (χ3v) is 3.42. The molecular formula is C18H16N4O3. The number of aryl methyl sites for hydroxylation is 1. The van der Waals surface area contributed by atoms with E-state index in [4.69, 9.17) is 4.52 Å². The molecule has 3 aromatic rings. The maximum Gasteiger partial charge on any atom is 0.270 e. The Morgan fingerprint density at radius 1 is 1.08 bits per heavy atom. The quantitative estimate of drug-likeness (QED) is 0.746. The first-order chi connectivity index (χ1) is 12.1. The number of nitrogens with one attached hydrogen (secondary N) is 2. The Labute approximate surface area is 144 Å². The summed E-state index contributed by atoms with van der Waals surface area (Å²) in [5.41, 5.74) is 1.45. The van der Waals surface area contributed by atoms with Crippen molar-refractivity contribution in [3.05, 3.63) is 77.3 Å². The number of carbonyl (C=O) groups is 2. The van der Waals surface area contributed by atoms with Crippen LogP contribution in [0.15, 0.2) is 59.3 Å². The Hall–Kier alpha value is -3.48. The lowest BCUT2D eigenvalue weighted by Crippen LogP contribution is -2.24. The minimum atomic E-state index is -0.396. The summed E-state index contributed by atoms with van der Waals surface area (Å²) < 4.78 is 4.90. The van der Waals surface area contributed by atoms with Gasteiger partial charge in [0, 0.05) is 24.4 Å². The lowest BCUT2D eigenvalue weighted by molar-refractivity contribution is 0.0946. The molecule has 3 rings (SSSR count). The molecule has 25 heavy (non-hydrogen) atoms. The predicted molar refractivity (Wildman–Crippen MR) is 91.0 cm³/mol. The first-order valence-electron chi connectivity index (χ1n) is 7.64. The topological polar surface area (TPSA) is 97.1 Å². The van der Waals surface area contributed by atoms with Crippen LogP contribution in [0.1, 0.15) is 32.2 Å². The SMILES string of the molecule is Cc1cc(NC(=O)c2ccnc(C(=O)NCc3ccccc3)c2)no1. The van der Waals surface area contributed by atoms with E-state index in [1.54, 1.807) is 13.0 Å². The zero-order valence-electron chi connectivity index (χ0n) is 13.5. The van der Waals surface area contributed by atoms with Crippen molar-refractivity contribution in [3.63, 3.8) is 0 Å². The molecule has 0 saturated heterocycles. The number of anilines is 1.